The van der Waals surface area contributed by atoms with Gasteiger partial charge < -0.3 is 25.1 Å². The molecule has 3 amide bonds. The van der Waals surface area contributed by atoms with E-state index in [1.54, 1.807) is 26.1 Å². The van der Waals surface area contributed by atoms with Crippen LogP contribution < -0.4 is 25.3 Å². The Morgan fingerprint density at radius 3 is 2.30 bits per heavy atom. The van der Waals surface area contributed by atoms with Gasteiger partial charge in [0.15, 0.2) is 27.1 Å². The predicted octanol–water partition coefficient (Wildman–Crippen LogP) is 6.85. The minimum Gasteiger partial charge on any atom is -0.379 e. The van der Waals surface area contributed by atoms with Gasteiger partial charge in [0.2, 0.25) is 11.9 Å². The van der Waals surface area contributed by atoms with Crippen molar-refractivity contribution in [3.8, 4) is 0 Å². The van der Waals surface area contributed by atoms with Gasteiger partial charge in [0.05, 0.1) is 22.4 Å². The van der Waals surface area contributed by atoms with Crippen LogP contribution in [0.3, 0.4) is 0 Å². The molecule has 4 aromatic rings. The minimum absolute atomic E-state index is 0.0764. The molecule has 67 heavy (non-hydrogen) atoms. The van der Waals surface area contributed by atoms with E-state index in [0.29, 0.717) is 60.5 Å². The first-order chi connectivity index (χ1) is 31.5. The molecule has 1 spiro atoms. The number of fused-ring (bicyclic) bond motifs is 1. The highest BCUT2D eigenvalue weighted by Crippen LogP contribution is 2.53. The van der Waals surface area contributed by atoms with Crippen LogP contribution in [0.4, 0.5) is 64.5 Å². The van der Waals surface area contributed by atoms with Crippen molar-refractivity contribution in [3.63, 3.8) is 0 Å². The van der Waals surface area contributed by atoms with Gasteiger partial charge in [-0.05, 0) is 119 Å². The van der Waals surface area contributed by atoms with Crippen LogP contribution in [0.25, 0.3) is 10.9 Å². The summed E-state index contributed by atoms with van der Waals surface area (Å²) in [6.45, 7) is 4.36. The highest BCUT2D eigenvalue weighted by atomic mass is 32.2. The zero-order chi connectivity index (χ0) is 47.8. The second-order valence-electron chi connectivity index (χ2n) is 18.9. The van der Waals surface area contributed by atoms with Crippen LogP contribution in [-0.2, 0) is 27.9 Å². The lowest BCUT2D eigenvalue weighted by molar-refractivity contribution is -0.261. The molecule has 5 fully saturated rings. The fourth-order valence-electron chi connectivity index (χ4n) is 10.6. The summed E-state index contributed by atoms with van der Waals surface area (Å²) in [5, 5.41) is 19.7. The maximum absolute atomic E-state index is 16.1. The highest BCUT2D eigenvalue weighted by Gasteiger charge is 2.56. The van der Waals surface area contributed by atoms with E-state index in [1.165, 1.54) is 27.8 Å². The Morgan fingerprint density at radius 1 is 0.925 bits per heavy atom. The van der Waals surface area contributed by atoms with Crippen molar-refractivity contribution < 1.29 is 53.8 Å². The summed E-state index contributed by atoms with van der Waals surface area (Å²) in [5.41, 5.74) is -3.17. The van der Waals surface area contributed by atoms with E-state index in [9.17, 15) is 49.5 Å². The summed E-state index contributed by atoms with van der Waals surface area (Å²) in [4.78, 5) is 38.6. The normalized spacial score (nSPS) is 22.7. The number of urea groups is 1. The second-order valence-corrected chi connectivity index (χ2v) is 21.1. The van der Waals surface area contributed by atoms with E-state index < -0.39 is 69.2 Å². The first-order valence-electron chi connectivity index (χ1n) is 22.4. The molecule has 2 aromatic heterocycles. The number of halogens is 7. The summed E-state index contributed by atoms with van der Waals surface area (Å²) in [6, 6.07) is 7.26. The largest absolute Gasteiger partial charge is 0.421 e. The lowest BCUT2D eigenvalue weighted by Crippen LogP contribution is -2.57. The van der Waals surface area contributed by atoms with Crippen LogP contribution in [0.5, 0.6) is 0 Å². The number of nitrogens with zero attached hydrogens (tertiary/aromatic N) is 8. The summed E-state index contributed by atoms with van der Waals surface area (Å²) in [7, 11) is -2.10. The van der Waals surface area contributed by atoms with Crippen molar-refractivity contribution in [2.24, 2.45) is 18.4 Å². The summed E-state index contributed by atoms with van der Waals surface area (Å²) >= 11 is 0. The Bertz CT molecular complexity index is 2690. The topological polar surface area (TPSA) is 169 Å². The number of imide groups is 1. The fourth-order valence-corrected chi connectivity index (χ4v) is 12.7. The highest BCUT2D eigenvalue weighted by molar-refractivity contribution is 7.92. The van der Waals surface area contributed by atoms with E-state index in [4.69, 9.17) is 0 Å². The number of piperidine rings is 3. The number of carbonyl (C=O) groups excluding carboxylic acids is 2. The van der Waals surface area contributed by atoms with Gasteiger partial charge in [-0.2, -0.15) is 36.4 Å². The third-order valence-corrected chi connectivity index (χ3v) is 16.6. The average Bonchev–Trinajstić information content (AvgIpc) is 3.59. The van der Waals surface area contributed by atoms with Gasteiger partial charge in [-0.1, -0.05) is 0 Å². The molecular formula is C44H51F7N10O5S. The van der Waals surface area contributed by atoms with E-state index in [0.717, 1.165) is 50.2 Å². The number of benzene rings is 2. The molecule has 1 atom stereocenters. The third kappa shape index (κ3) is 8.86. The third-order valence-electron chi connectivity index (χ3n) is 14.5. The second kappa shape index (κ2) is 17.0. The quantitative estimate of drug-likeness (QED) is 0.150. The van der Waals surface area contributed by atoms with Gasteiger partial charge in [-0.3, -0.25) is 19.7 Å². The SMILES string of the molecule is Cc1cc(S(=O)(=O)C2CC3(CCN(CC4CCN(c5ccc6c(N7CCC(=O)NC7=O)nn(C)c6c5F)CC4)CC3)C2)ccc1Nc1ncc(C(F)(F)F)c(N2CCCC(O)(C(F)(F)F)C2)n1. The maximum Gasteiger partial charge on any atom is 0.421 e. The Balaban J connectivity index is 0.772. The first-order valence-corrected chi connectivity index (χ1v) is 23.9. The van der Waals surface area contributed by atoms with Gasteiger partial charge in [0.25, 0.3) is 0 Å². The number of aromatic nitrogens is 4. The van der Waals surface area contributed by atoms with E-state index in [-0.39, 0.29) is 59.3 Å². The van der Waals surface area contributed by atoms with Gasteiger partial charge in [0.1, 0.15) is 16.9 Å². The van der Waals surface area contributed by atoms with Gasteiger partial charge in [0, 0.05) is 63.5 Å². The number of β-amino-alcohol motifs (C(OH)–C–C–N with tert-alkyl or cyclic N) is 1. The number of likely N-dealkylation sites (tertiary alicyclic amines) is 1. The zero-order valence-corrected chi connectivity index (χ0v) is 37.7. The van der Waals surface area contributed by atoms with Crippen molar-refractivity contribution in [1.82, 2.24) is 30.0 Å². The summed E-state index contributed by atoms with van der Waals surface area (Å²) < 4.78 is 128. The van der Waals surface area contributed by atoms with Crippen molar-refractivity contribution in [2.75, 3.05) is 72.4 Å². The predicted molar refractivity (Wildman–Crippen MR) is 233 cm³/mol. The molecule has 2 aromatic carbocycles. The molecule has 15 nitrogen and oxygen atoms in total. The molecule has 1 saturated carbocycles. The van der Waals surface area contributed by atoms with Crippen LogP contribution in [0.2, 0.25) is 0 Å². The van der Waals surface area contributed by atoms with E-state index in [2.05, 4.69) is 30.6 Å². The monoisotopic (exact) mass is 964 g/mol. The smallest absolute Gasteiger partial charge is 0.379 e. The standard InChI is InChI=1S/C44H51F7N10O5S/c1-26-20-28(4-6-32(26)53-39-52-23-31(43(46,47)48)38(55-39)60-14-3-11-42(64,25-60)44(49,50)51)67(65,66)29-21-41(22-29)12-18-58(19-13-41)24-27-8-15-59(16-9-27)33-7-5-30-36(35(33)45)57(2)56-37(30)61-17-10-34(62)54-40(61)63/h4-7,20,23,27,29,64H,3,8-19,21-22,24-25H2,1-2H3,(H,52,53,55)(H,54,62,63). The van der Waals surface area contributed by atoms with Gasteiger partial charge in [-0.15, -0.1) is 0 Å². The number of amides is 3. The van der Waals surface area contributed by atoms with Crippen LogP contribution in [-0.4, -0.2) is 119 Å². The van der Waals surface area contributed by atoms with Crippen LogP contribution >= 0.6 is 0 Å². The minimum atomic E-state index is -5.07. The summed E-state index contributed by atoms with van der Waals surface area (Å²) in [5.74, 6) is -1.22. The summed E-state index contributed by atoms with van der Waals surface area (Å²) in [6.07, 6.45) is -5.81. The van der Waals surface area contributed by atoms with Crippen LogP contribution in [0, 0.1) is 24.1 Å². The number of rotatable bonds is 9. The Kier molecular flexibility index (Phi) is 11.9. The van der Waals surface area contributed by atoms with Crippen LogP contribution in [0.1, 0.15) is 68.9 Å². The number of hydrogen-bond donors (Lipinski definition) is 3. The number of carbonyl (C=O) groups is 2. The molecular weight excluding hydrogens is 914 g/mol. The first kappa shape index (κ1) is 46.8. The number of alkyl halides is 6. The zero-order valence-electron chi connectivity index (χ0n) is 36.9. The average molecular weight is 965 g/mol. The molecule has 1 unspecified atom stereocenters. The maximum atomic E-state index is 16.1. The molecule has 6 heterocycles. The van der Waals surface area contributed by atoms with Crippen molar-refractivity contribution >= 4 is 61.6 Å². The molecule has 9 rings (SSSR count). The lowest BCUT2D eigenvalue weighted by atomic mass is 9.63. The molecule has 4 saturated heterocycles. The molecule has 4 aliphatic heterocycles. The van der Waals surface area contributed by atoms with Gasteiger partial charge in [-0.25, -0.2) is 22.6 Å². The number of aryl methyl sites for hydroxylation is 2. The van der Waals surface area contributed by atoms with Crippen molar-refractivity contribution in [1.29, 1.82) is 0 Å². The Labute approximate surface area is 381 Å². The number of nitrogens with one attached hydrogen (secondary N) is 2. The number of sulfone groups is 1. The number of hydrogen-bond acceptors (Lipinski definition) is 12. The van der Waals surface area contributed by atoms with Crippen LogP contribution in [0.15, 0.2) is 41.4 Å². The molecule has 0 radical (unpaired) electrons. The lowest BCUT2D eigenvalue weighted by Gasteiger charge is -2.52. The Morgan fingerprint density at radius 2 is 1.64 bits per heavy atom. The van der Waals surface area contributed by atoms with Gasteiger partial charge >= 0.3 is 18.4 Å². The van der Waals surface area contributed by atoms with Crippen molar-refractivity contribution in [3.05, 3.63) is 53.5 Å². The number of anilines is 5. The fraction of sp³-hybridized carbons (Fsp3) is 0.568. The Hall–Kier alpha value is -5.29. The molecule has 5 aliphatic rings. The molecule has 23 heteroatoms. The van der Waals surface area contributed by atoms with E-state index >= 15 is 4.39 Å². The van der Waals surface area contributed by atoms with Crippen molar-refractivity contribution in [2.45, 2.75) is 92.8 Å². The molecule has 1 aliphatic carbocycles. The number of aliphatic hydroxyl groups is 1. The molecule has 3 N–H and O–H groups in total. The molecule has 0 bridgehead atoms. The molecule has 362 valence electrons. The van der Waals surface area contributed by atoms with E-state index in [1.807, 2.05) is 4.90 Å².